The molecule has 2 atom stereocenters. The Bertz CT molecular complexity index is 433. The smallest absolute Gasteiger partial charge is 0.0779 e. The maximum absolute atomic E-state index is 6.22. The van der Waals surface area contributed by atoms with E-state index >= 15 is 0 Å². The van der Waals surface area contributed by atoms with Crippen LogP contribution in [0.15, 0.2) is 18.2 Å². The summed E-state index contributed by atoms with van der Waals surface area (Å²) < 4.78 is 5.76. The van der Waals surface area contributed by atoms with E-state index < -0.39 is 0 Å². The standard InChI is InChI=1S/C14H20Cl2N2O/c1-14(5-2-6-19-14)9-18-13(8-17)11-4-3-10(15)7-12(11)16/h3-4,7,13,18H,2,5-6,8-9,17H2,1H3. The number of rotatable bonds is 5. The molecule has 0 amide bonds. The Kier molecular flexibility index (Phi) is 5.09. The molecule has 2 unspecified atom stereocenters. The molecule has 1 aromatic carbocycles. The third-order valence-electron chi connectivity index (χ3n) is 3.60. The molecule has 1 heterocycles. The molecule has 2 rings (SSSR count). The topological polar surface area (TPSA) is 47.3 Å². The zero-order valence-electron chi connectivity index (χ0n) is 11.1. The van der Waals surface area contributed by atoms with Gasteiger partial charge in [-0.3, -0.25) is 0 Å². The van der Waals surface area contributed by atoms with Crippen molar-refractivity contribution in [2.45, 2.75) is 31.4 Å². The zero-order valence-corrected chi connectivity index (χ0v) is 12.6. The SMILES string of the molecule is CC1(CNC(CN)c2ccc(Cl)cc2Cl)CCCO1. The van der Waals surface area contributed by atoms with Gasteiger partial charge in [0.1, 0.15) is 0 Å². The van der Waals surface area contributed by atoms with Crippen LogP contribution in [0, 0.1) is 0 Å². The summed E-state index contributed by atoms with van der Waals surface area (Å²) in [5.74, 6) is 0. The molecule has 0 aliphatic carbocycles. The molecular formula is C14H20Cl2N2O. The quantitative estimate of drug-likeness (QED) is 0.878. The number of nitrogens with one attached hydrogen (secondary N) is 1. The first-order valence-corrected chi connectivity index (χ1v) is 7.32. The van der Waals surface area contributed by atoms with E-state index in [0.717, 1.165) is 31.6 Å². The Morgan fingerprint density at radius 2 is 2.26 bits per heavy atom. The van der Waals surface area contributed by atoms with E-state index in [1.807, 2.05) is 12.1 Å². The van der Waals surface area contributed by atoms with Gasteiger partial charge in [0, 0.05) is 35.8 Å². The van der Waals surface area contributed by atoms with Gasteiger partial charge < -0.3 is 15.8 Å². The molecule has 19 heavy (non-hydrogen) atoms. The summed E-state index contributed by atoms with van der Waals surface area (Å²) >= 11 is 12.1. The highest BCUT2D eigenvalue weighted by molar-refractivity contribution is 6.35. The van der Waals surface area contributed by atoms with Gasteiger partial charge >= 0.3 is 0 Å². The molecule has 1 fully saturated rings. The van der Waals surface area contributed by atoms with Gasteiger partial charge in [-0.15, -0.1) is 0 Å². The predicted molar refractivity (Wildman–Crippen MR) is 79.9 cm³/mol. The van der Waals surface area contributed by atoms with Crippen molar-refractivity contribution in [3.63, 3.8) is 0 Å². The molecule has 0 bridgehead atoms. The van der Waals surface area contributed by atoms with Gasteiger partial charge in [-0.2, -0.15) is 0 Å². The van der Waals surface area contributed by atoms with Crippen LogP contribution in [0.5, 0.6) is 0 Å². The Balaban J connectivity index is 2.03. The molecule has 1 aliphatic rings. The van der Waals surface area contributed by atoms with Crippen molar-refractivity contribution in [3.05, 3.63) is 33.8 Å². The third-order valence-corrected chi connectivity index (χ3v) is 4.16. The number of halogens is 2. The highest BCUT2D eigenvalue weighted by atomic mass is 35.5. The molecule has 1 aliphatic heterocycles. The third kappa shape index (κ3) is 3.83. The van der Waals surface area contributed by atoms with Gasteiger partial charge in [-0.05, 0) is 37.5 Å². The van der Waals surface area contributed by atoms with Crippen LogP contribution in [0.2, 0.25) is 10.0 Å². The number of nitrogens with two attached hydrogens (primary N) is 1. The minimum Gasteiger partial charge on any atom is -0.374 e. The van der Waals surface area contributed by atoms with Gasteiger partial charge in [-0.25, -0.2) is 0 Å². The van der Waals surface area contributed by atoms with Crippen molar-refractivity contribution < 1.29 is 4.74 Å². The fourth-order valence-corrected chi connectivity index (χ4v) is 2.96. The minimum absolute atomic E-state index is 0.0193. The molecule has 3 N–H and O–H groups in total. The monoisotopic (exact) mass is 302 g/mol. The van der Waals surface area contributed by atoms with Gasteiger partial charge in [-0.1, -0.05) is 29.3 Å². The maximum Gasteiger partial charge on any atom is 0.0779 e. The molecule has 0 radical (unpaired) electrons. The lowest BCUT2D eigenvalue weighted by atomic mass is 10.0. The summed E-state index contributed by atoms with van der Waals surface area (Å²) in [5, 5.41) is 4.73. The second kappa shape index (κ2) is 6.42. The molecule has 3 nitrogen and oxygen atoms in total. The predicted octanol–water partition coefficient (Wildman–Crippen LogP) is 3.15. The number of hydrogen-bond acceptors (Lipinski definition) is 3. The number of ether oxygens (including phenoxy) is 1. The Morgan fingerprint density at radius 1 is 1.47 bits per heavy atom. The molecule has 0 saturated carbocycles. The van der Waals surface area contributed by atoms with Crippen molar-refractivity contribution in [1.29, 1.82) is 0 Å². The molecule has 1 saturated heterocycles. The van der Waals surface area contributed by atoms with Crippen molar-refractivity contribution >= 4 is 23.2 Å². The molecule has 1 aromatic rings. The van der Waals surface area contributed by atoms with Crippen LogP contribution in [0.1, 0.15) is 31.4 Å². The van der Waals surface area contributed by atoms with Crippen LogP contribution in [0.4, 0.5) is 0 Å². The lowest BCUT2D eigenvalue weighted by Crippen LogP contribution is -2.41. The maximum atomic E-state index is 6.22. The highest BCUT2D eigenvalue weighted by Crippen LogP contribution is 2.28. The molecule has 0 spiro atoms. The first-order chi connectivity index (χ1) is 9.04. The minimum atomic E-state index is -0.0910. The van der Waals surface area contributed by atoms with Gasteiger partial charge in [0.2, 0.25) is 0 Å². The molecule has 106 valence electrons. The first kappa shape index (κ1) is 15.1. The van der Waals surface area contributed by atoms with E-state index in [0.29, 0.717) is 16.6 Å². The average Bonchev–Trinajstić information content (AvgIpc) is 2.79. The van der Waals surface area contributed by atoms with Crippen LogP contribution >= 0.6 is 23.2 Å². The second-order valence-corrected chi connectivity index (χ2v) is 6.08. The number of hydrogen-bond donors (Lipinski definition) is 2. The number of benzene rings is 1. The van der Waals surface area contributed by atoms with Crippen LogP contribution in [0.3, 0.4) is 0 Å². The largest absolute Gasteiger partial charge is 0.374 e. The lowest BCUT2D eigenvalue weighted by molar-refractivity contribution is 0.0189. The van der Waals surface area contributed by atoms with E-state index in [2.05, 4.69) is 12.2 Å². The van der Waals surface area contributed by atoms with Crippen LogP contribution < -0.4 is 11.1 Å². The summed E-state index contributed by atoms with van der Waals surface area (Å²) in [4.78, 5) is 0. The summed E-state index contributed by atoms with van der Waals surface area (Å²) in [6, 6.07) is 5.52. The Hall–Kier alpha value is -0.320. The summed E-state index contributed by atoms with van der Waals surface area (Å²) in [6.07, 6.45) is 2.19. The fourth-order valence-electron chi connectivity index (χ4n) is 2.42. The molecule has 0 aromatic heterocycles. The van der Waals surface area contributed by atoms with Crippen molar-refractivity contribution in [1.82, 2.24) is 5.32 Å². The van der Waals surface area contributed by atoms with Gasteiger partial charge in [0.15, 0.2) is 0 Å². The fraction of sp³-hybridized carbons (Fsp3) is 0.571. The van der Waals surface area contributed by atoms with E-state index in [1.54, 1.807) is 6.07 Å². The van der Waals surface area contributed by atoms with Gasteiger partial charge in [0.05, 0.1) is 5.60 Å². The van der Waals surface area contributed by atoms with E-state index in [1.165, 1.54) is 0 Å². The molecule has 5 heteroatoms. The Morgan fingerprint density at radius 3 is 2.84 bits per heavy atom. The second-order valence-electron chi connectivity index (χ2n) is 5.24. The highest BCUT2D eigenvalue weighted by Gasteiger charge is 2.30. The van der Waals surface area contributed by atoms with E-state index in [9.17, 15) is 0 Å². The summed E-state index contributed by atoms with van der Waals surface area (Å²) in [6.45, 7) is 4.22. The van der Waals surface area contributed by atoms with Crippen molar-refractivity contribution in [3.8, 4) is 0 Å². The zero-order chi connectivity index (χ0) is 13.9. The van der Waals surface area contributed by atoms with Crippen LogP contribution in [-0.2, 0) is 4.74 Å². The van der Waals surface area contributed by atoms with E-state index in [4.69, 9.17) is 33.7 Å². The Labute approximate surface area is 124 Å². The lowest BCUT2D eigenvalue weighted by Gasteiger charge is -2.27. The van der Waals surface area contributed by atoms with Gasteiger partial charge in [0.25, 0.3) is 0 Å². The van der Waals surface area contributed by atoms with Crippen molar-refractivity contribution in [2.24, 2.45) is 5.73 Å². The summed E-state index contributed by atoms with van der Waals surface area (Å²) in [7, 11) is 0. The normalized spacial score (nSPS) is 24.6. The van der Waals surface area contributed by atoms with Crippen LogP contribution in [-0.4, -0.2) is 25.3 Å². The first-order valence-electron chi connectivity index (χ1n) is 6.56. The van der Waals surface area contributed by atoms with Crippen molar-refractivity contribution in [2.75, 3.05) is 19.7 Å². The van der Waals surface area contributed by atoms with E-state index in [-0.39, 0.29) is 11.6 Å². The van der Waals surface area contributed by atoms with Crippen LogP contribution in [0.25, 0.3) is 0 Å². The summed E-state index contributed by atoms with van der Waals surface area (Å²) in [5.41, 5.74) is 6.74. The molecular weight excluding hydrogens is 283 g/mol. The average molecular weight is 303 g/mol.